The summed E-state index contributed by atoms with van der Waals surface area (Å²) >= 11 is 6.11. The average Bonchev–Trinajstić information content (AvgIpc) is 3.00. The number of rotatable bonds is 6. The van der Waals surface area contributed by atoms with Gasteiger partial charge in [-0.1, -0.05) is 35.9 Å². The molecule has 0 bridgehead atoms. The van der Waals surface area contributed by atoms with Crippen molar-refractivity contribution < 1.29 is 22.3 Å². The number of aryl methyl sites for hydroxylation is 1. The highest BCUT2D eigenvalue weighted by Gasteiger charge is 2.35. The standard InChI is InChI=1S/C20H21ClFNO4S/c1-14-5-2-3-8-19(14)27-12-20(24)23(15-9-10-28(25,26)13-15)11-16-17(21)6-4-7-18(16)22/h2-8,15H,9-13H2,1H3. The lowest BCUT2D eigenvalue weighted by atomic mass is 10.1. The molecule has 1 atom stereocenters. The van der Waals surface area contributed by atoms with Crippen LogP contribution in [0.15, 0.2) is 42.5 Å². The van der Waals surface area contributed by atoms with Crippen LogP contribution in [0.25, 0.3) is 0 Å². The molecular formula is C20H21ClFNO4S. The lowest BCUT2D eigenvalue weighted by Gasteiger charge is -2.29. The molecule has 1 fully saturated rings. The first kappa shape index (κ1) is 20.6. The van der Waals surface area contributed by atoms with E-state index in [-0.39, 0.29) is 35.2 Å². The third-order valence-electron chi connectivity index (χ3n) is 4.80. The van der Waals surface area contributed by atoms with Crippen molar-refractivity contribution in [1.29, 1.82) is 0 Å². The zero-order chi connectivity index (χ0) is 20.3. The van der Waals surface area contributed by atoms with E-state index in [2.05, 4.69) is 0 Å². The van der Waals surface area contributed by atoms with Gasteiger partial charge in [-0.2, -0.15) is 0 Å². The van der Waals surface area contributed by atoms with E-state index in [0.29, 0.717) is 12.2 Å². The monoisotopic (exact) mass is 425 g/mol. The second-order valence-corrected chi connectivity index (χ2v) is 9.47. The summed E-state index contributed by atoms with van der Waals surface area (Å²) < 4.78 is 43.7. The van der Waals surface area contributed by atoms with Crippen LogP contribution >= 0.6 is 11.6 Å². The van der Waals surface area contributed by atoms with Gasteiger partial charge in [-0.15, -0.1) is 0 Å². The van der Waals surface area contributed by atoms with Gasteiger partial charge in [0, 0.05) is 16.6 Å². The van der Waals surface area contributed by atoms with E-state index in [1.54, 1.807) is 12.1 Å². The van der Waals surface area contributed by atoms with Gasteiger partial charge < -0.3 is 9.64 Å². The van der Waals surface area contributed by atoms with Gasteiger partial charge in [-0.25, -0.2) is 12.8 Å². The molecule has 1 aliphatic heterocycles. The summed E-state index contributed by atoms with van der Waals surface area (Å²) in [5.41, 5.74) is 1.04. The largest absolute Gasteiger partial charge is 0.484 e. The smallest absolute Gasteiger partial charge is 0.261 e. The lowest BCUT2D eigenvalue weighted by Crippen LogP contribution is -2.43. The average molecular weight is 426 g/mol. The number of ether oxygens (including phenoxy) is 1. The first-order valence-corrected chi connectivity index (χ1v) is 11.1. The van der Waals surface area contributed by atoms with Crippen LogP contribution in [-0.2, 0) is 21.2 Å². The number of halogens is 2. The fourth-order valence-corrected chi connectivity index (χ4v) is 5.19. The Morgan fingerprint density at radius 2 is 2.00 bits per heavy atom. The fraction of sp³-hybridized carbons (Fsp3) is 0.350. The number of nitrogens with zero attached hydrogens (tertiary/aromatic N) is 1. The number of para-hydroxylation sites is 1. The van der Waals surface area contributed by atoms with E-state index < -0.39 is 27.6 Å². The van der Waals surface area contributed by atoms with E-state index in [1.165, 1.54) is 23.1 Å². The van der Waals surface area contributed by atoms with Crippen LogP contribution in [0.3, 0.4) is 0 Å². The van der Waals surface area contributed by atoms with Crippen molar-refractivity contribution in [2.75, 3.05) is 18.1 Å². The molecule has 5 nitrogen and oxygen atoms in total. The van der Waals surface area contributed by atoms with Crippen LogP contribution in [0.5, 0.6) is 5.75 Å². The molecule has 2 aromatic carbocycles. The summed E-state index contributed by atoms with van der Waals surface area (Å²) in [4.78, 5) is 14.3. The van der Waals surface area contributed by atoms with Crippen LogP contribution in [0.2, 0.25) is 5.02 Å². The summed E-state index contributed by atoms with van der Waals surface area (Å²) in [6.45, 7) is 1.48. The first-order valence-electron chi connectivity index (χ1n) is 8.88. The van der Waals surface area contributed by atoms with E-state index in [1.807, 2.05) is 19.1 Å². The number of carbonyl (C=O) groups excluding carboxylic acids is 1. The normalized spacial score (nSPS) is 18.0. The minimum atomic E-state index is -3.22. The molecule has 1 saturated heterocycles. The van der Waals surface area contributed by atoms with E-state index in [0.717, 1.165) is 5.56 Å². The minimum absolute atomic E-state index is 0.00506. The Morgan fingerprint density at radius 3 is 2.64 bits per heavy atom. The van der Waals surface area contributed by atoms with Gasteiger partial charge in [0.25, 0.3) is 5.91 Å². The molecule has 0 saturated carbocycles. The van der Waals surface area contributed by atoms with Crippen molar-refractivity contribution in [3.63, 3.8) is 0 Å². The van der Waals surface area contributed by atoms with E-state index in [4.69, 9.17) is 16.3 Å². The van der Waals surface area contributed by atoms with Crippen LogP contribution < -0.4 is 4.74 Å². The first-order chi connectivity index (χ1) is 13.3. The van der Waals surface area contributed by atoms with Gasteiger partial charge in [0.2, 0.25) is 0 Å². The topological polar surface area (TPSA) is 63.7 Å². The van der Waals surface area contributed by atoms with Crippen molar-refractivity contribution >= 4 is 27.3 Å². The predicted octanol–water partition coefficient (Wildman–Crippen LogP) is 3.38. The van der Waals surface area contributed by atoms with Crippen molar-refractivity contribution in [3.8, 4) is 5.75 Å². The Labute approximate surface area is 169 Å². The second-order valence-electron chi connectivity index (χ2n) is 6.83. The third kappa shape index (κ3) is 4.83. The van der Waals surface area contributed by atoms with Gasteiger partial charge in [-0.3, -0.25) is 4.79 Å². The minimum Gasteiger partial charge on any atom is -0.484 e. The number of carbonyl (C=O) groups is 1. The van der Waals surface area contributed by atoms with Gasteiger partial charge >= 0.3 is 0 Å². The Hall–Kier alpha value is -2.12. The van der Waals surface area contributed by atoms with Crippen LogP contribution in [0.1, 0.15) is 17.5 Å². The third-order valence-corrected chi connectivity index (χ3v) is 6.91. The molecule has 8 heteroatoms. The predicted molar refractivity (Wildman–Crippen MR) is 106 cm³/mol. The Morgan fingerprint density at radius 1 is 1.25 bits per heavy atom. The van der Waals surface area contributed by atoms with Gasteiger partial charge in [0.1, 0.15) is 11.6 Å². The highest BCUT2D eigenvalue weighted by atomic mass is 35.5. The number of benzene rings is 2. The molecule has 1 unspecified atom stereocenters. The SMILES string of the molecule is Cc1ccccc1OCC(=O)N(Cc1c(F)cccc1Cl)C1CCS(=O)(=O)C1. The highest BCUT2D eigenvalue weighted by molar-refractivity contribution is 7.91. The maximum atomic E-state index is 14.2. The maximum Gasteiger partial charge on any atom is 0.261 e. The van der Waals surface area contributed by atoms with Crippen molar-refractivity contribution in [2.45, 2.75) is 25.9 Å². The molecule has 1 aliphatic rings. The zero-order valence-electron chi connectivity index (χ0n) is 15.4. The number of amides is 1. The molecule has 2 aromatic rings. The van der Waals surface area contributed by atoms with Crippen LogP contribution in [0.4, 0.5) is 4.39 Å². The Balaban J connectivity index is 1.81. The molecule has 0 aliphatic carbocycles. The van der Waals surface area contributed by atoms with Crippen LogP contribution in [-0.4, -0.2) is 43.4 Å². The Bertz CT molecular complexity index is 960. The second kappa shape index (κ2) is 8.49. The highest BCUT2D eigenvalue weighted by Crippen LogP contribution is 2.26. The molecule has 1 heterocycles. The van der Waals surface area contributed by atoms with Gasteiger partial charge in [0.15, 0.2) is 16.4 Å². The molecule has 150 valence electrons. The van der Waals surface area contributed by atoms with Gasteiger partial charge in [0.05, 0.1) is 18.1 Å². The lowest BCUT2D eigenvalue weighted by molar-refractivity contribution is -0.136. The molecule has 28 heavy (non-hydrogen) atoms. The molecule has 3 rings (SSSR count). The molecule has 0 spiro atoms. The number of hydrogen-bond acceptors (Lipinski definition) is 4. The van der Waals surface area contributed by atoms with E-state index in [9.17, 15) is 17.6 Å². The van der Waals surface area contributed by atoms with Crippen molar-refractivity contribution in [2.24, 2.45) is 0 Å². The summed E-state index contributed by atoms with van der Waals surface area (Å²) in [6.07, 6.45) is 0.310. The van der Waals surface area contributed by atoms with Gasteiger partial charge in [-0.05, 0) is 37.1 Å². The summed E-state index contributed by atoms with van der Waals surface area (Å²) in [5.74, 6) is -0.519. The zero-order valence-corrected chi connectivity index (χ0v) is 17.0. The summed E-state index contributed by atoms with van der Waals surface area (Å²) in [6, 6.07) is 11.0. The number of sulfone groups is 1. The van der Waals surface area contributed by atoms with Crippen LogP contribution in [0, 0.1) is 12.7 Å². The maximum absolute atomic E-state index is 14.2. The van der Waals surface area contributed by atoms with Crippen molar-refractivity contribution in [1.82, 2.24) is 4.90 Å². The molecule has 0 aromatic heterocycles. The van der Waals surface area contributed by atoms with E-state index >= 15 is 0 Å². The molecular weight excluding hydrogens is 405 g/mol. The molecule has 0 radical (unpaired) electrons. The van der Waals surface area contributed by atoms with Crippen molar-refractivity contribution in [3.05, 3.63) is 64.4 Å². The summed E-state index contributed by atoms with van der Waals surface area (Å²) in [5, 5.41) is 0.193. The molecule has 1 amide bonds. The quantitative estimate of drug-likeness (QED) is 0.711. The fourth-order valence-electron chi connectivity index (χ4n) is 3.24. The molecule has 0 N–H and O–H groups in total. The summed E-state index contributed by atoms with van der Waals surface area (Å²) in [7, 11) is -3.22. The number of hydrogen-bond donors (Lipinski definition) is 0. The Kier molecular flexibility index (Phi) is 6.25.